The van der Waals surface area contributed by atoms with Gasteiger partial charge in [-0.2, -0.15) is 12.6 Å². The molecule has 0 aliphatic heterocycles. The van der Waals surface area contributed by atoms with Crippen molar-refractivity contribution in [1.82, 2.24) is 5.32 Å². The first-order chi connectivity index (χ1) is 6.72. The predicted octanol–water partition coefficient (Wildman–Crippen LogP) is 2.25. The Morgan fingerprint density at radius 3 is 2.93 bits per heavy atom. The normalized spacial score (nSPS) is 27.3. The van der Waals surface area contributed by atoms with Crippen LogP contribution in [0.2, 0.25) is 0 Å². The second-order valence-corrected chi connectivity index (χ2v) is 4.86. The molecule has 0 saturated heterocycles. The lowest BCUT2D eigenvalue weighted by Gasteiger charge is -2.26. The molecular weight excluding hydrogens is 194 g/mol. The molecule has 0 aromatic carbocycles. The van der Waals surface area contributed by atoms with Crippen molar-refractivity contribution in [2.24, 2.45) is 11.8 Å². The first-order valence-corrected chi connectivity index (χ1v) is 6.23. The summed E-state index contributed by atoms with van der Waals surface area (Å²) >= 11 is 4.03. The standard InChI is InChI=1S/C11H21NOS/c1-9-3-2-4-10(7-9)8-12-11(13)5-6-14/h9-10,14H,2-8H2,1H3,(H,12,13). The summed E-state index contributed by atoms with van der Waals surface area (Å²) in [5, 5.41) is 2.99. The number of hydrogen-bond acceptors (Lipinski definition) is 2. The van der Waals surface area contributed by atoms with Crippen LogP contribution in [0.5, 0.6) is 0 Å². The smallest absolute Gasteiger partial charge is 0.220 e. The number of rotatable bonds is 4. The van der Waals surface area contributed by atoms with E-state index in [2.05, 4.69) is 24.9 Å². The molecule has 1 N–H and O–H groups in total. The molecule has 0 spiro atoms. The first kappa shape index (κ1) is 11.9. The van der Waals surface area contributed by atoms with Gasteiger partial charge in [-0.1, -0.05) is 19.8 Å². The van der Waals surface area contributed by atoms with Crippen LogP contribution in [0.3, 0.4) is 0 Å². The monoisotopic (exact) mass is 215 g/mol. The van der Waals surface area contributed by atoms with Crippen molar-refractivity contribution in [2.45, 2.75) is 39.0 Å². The summed E-state index contributed by atoms with van der Waals surface area (Å²) in [4.78, 5) is 11.2. The maximum atomic E-state index is 11.2. The fourth-order valence-electron chi connectivity index (χ4n) is 2.19. The van der Waals surface area contributed by atoms with E-state index in [-0.39, 0.29) is 5.91 Å². The molecule has 1 aliphatic rings. The molecule has 82 valence electrons. The molecule has 0 aromatic heterocycles. The fourth-order valence-corrected chi connectivity index (χ4v) is 2.40. The summed E-state index contributed by atoms with van der Waals surface area (Å²) in [6, 6.07) is 0. The van der Waals surface area contributed by atoms with E-state index < -0.39 is 0 Å². The van der Waals surface area contributed by atoms with E-state index in [4.69, 9.17) is 0 Å². The van der Waals surface area contributed by atoms with Crippen LogP contribution in [0.15, 0.2) is 0 Å². The molecule has 2 nitrogen and oxygen atoms in total. The Labute approximate surface area is 92.2 Å². The van der Waals surface area contributed by atoms with Gasteiger partial charge in [0.2, 0.25) is 5.91 Å². The van der Waals surface area contributed by atoms with E-state index in [1.165, 1.54) is 25.7 Å². The number of carbonyl (C=O) groups is 1. The molecule has 1 amide bonds. The Morgan fingerprint density at radius 2 is 2.29 bits per heavy atom. The van der Waals surface area contributed by atoms with Crippen molar-refractivity contribution in [1.29, 1.82) is 0 Å². The zero-order valence-corrected chi connectivity index (χ0v) is 9.85. The summed E-state index contributed by atoms with van der Waals surface area (Å²) in [6.07, 6.45) is 5.80. The second-order valence-electron chi connectivity index (χ2n) is 4.42. The lowest BCUT2D eigenvalue weighted by atomic mass is 9.82. The summed E-state index contributed by atoms with van der Waals surface area (Å²) < 4.78 is 0. The minimum atomic E-state index is 0.151. The highest BCUT2D eigenvalue weighted by molar-refractivity contribution is 7.80. The summed E-state index contributed by atoms with van der Waals surface area (Å²) in [6.45, 7) is 3.18. The largest absolute Gasteiger partial charge is 0.356 e. The van der Waals surface area contributed by atoms with Crippen LogP contribution in [0.1, 0.15) is 39.0 Å². The van der Waals surface area contributed by atoms with E-state index in [0.717, 1.165) is 12.5 Å². The minimum Gasteiger partial charge on any atom is -0.356 e. The van der Waals surface area contributed by atoms with Gasteiger partial charge in [-0.3, -0.25) is 4.79 Å². The molecule has 3 heteroatoms. The Bertz CT molecular complexity index is 184. The van der Waals surface area contributed by atoms with Crippen molar-refractivity contribution in [3.63, 3.8) is 0 Å². The van der Waals surface area contributed by atoms with E-state index in [1.807, 2.05) is 0 Å². The number of thiol groups is 1. The SMILES string of the molecule is CC1CCCC(CNC(=O)CCS)C1. The number of carbonyl (C=O) groups excluding carboxylic acids is 1. The Kier molecular flexibility index (Phi) is 5.38. The van der Waals surface area contributed by atoms with Gasteiger partial charge in [0.1, 0.15) is 0 Å². The molecule has 0 heterocycles. The Morgan fingerprint density at radius 1 is 1.50 bits per heavy atom. The zero-order valence-electron chi connectivity index (χ0n) is 8.96. The third kappa shape index (κ3) is 4.36. The molecular formula is C11H21NOS. The summed E-state index contributed by atoms with van der Waals surface area (Å²) in [7, 11) is 0. The molecule has 2 unspecified atom stereocenters. The van der Waals surface area contributed by atoms with Crippen molar-refractivity contribution < 1.29 is 4.79 Å². The molecule has 1 rings (SSSR count). The molecule has 0 bridgehead atoms. The van der Waals surface area contributed by atoms with Gasteiger partial charge in [0.25, 0.3) is 0 Å². The maximum Gasteiger partial charge on any atom is 0.220 e. The highest BCUT2D eigenvalue weighted by Crippen LogP contribution is 2.27. The van der Waals surface area contributed by atoms with E-state index in [9.17, 15) is 4.79 Å². The first-order valence-electron chi connectivity index (χ1n) is 5.60. The van der Waals surface area contributed by atoms with Crippen molar-refractivity contribution in [3.8, 4) is 0 Å². The van der Waals surface area contributed by atoms with Gasteiger partial charge < -0.3 is 5.32 Å². The zero-order chi connectivity index (χ0) is 10.4. The Hall–Kier alpha value is -0.180. The third-order valence-corrected chi connectivity index (χ3v) is 3.20. The van der Waals surface area contributed by atoms with Gasteiger partial charge >= 0.3 is 0 Å². The average Bonchev–Trinajstić information content (AvgIpc) is 2.15. The average molecular weight is 215 g/mol. The van der Waals surface area contributed by atoms with Gasteiger partial charge in [0.15, 0.2) is 0 Å². The second kappa shape index (κ2) is 6.33. The predicted molar refractivity (Wildman–Crippen MR) is 62.6 cm³/mol. The van der Waals surface area contributed by atoms with Gasteiger partial charge in [0, 0.05) is 13.0 Å². The van der Waals surface area contributed by atoms with Crippen LogP contribution in [0, 0.1) is 11.8 Å². The van der Waals surface area contributed by atoms with Crippen LogP contribution in [0.25, 0.3) is 0 Å². The van der Waals surface area contributed by atoms with Gasteiger partial charge in [-0.25, -0.2) is 0 Å². The lowest BCUT2D eigenvalue weighted by molar-refractivity contribution is -0.120. The van der Waals surface area contributed by atoms with Gasteiger partial charge in [-0.05, 0) is 30.4 Å². The molecule has 0 radical (unpaired) electrons. The van der Waals surface area contributed by atoms with Gasteiger partial charge in [0.05, 0.1) is 0 Å². The van der Waals surface area contributed by atoms with E-state index in [1.54, 1.807) is 0 Å². The number of nitrogens with one attached hydrogen (secondary N) is 1. The van der Waals surface area contributed by atoms with Crippen molar-refractivity contribution in [3.05, 3.63) is 0 Å². The highest BCUT2D eigenvalue weighted by Gasteiger charge is 2.18. The maximum absolute atomic E-state index is 11.2. The van der Waals surface area contributed by atoms with E-state index in [0.29, 0.717) is 18.1 Å². The van der Waals surface area contributed by atoms with Crippen LogP contribution in [0.4, 0.5) is 0 Å². The topological polar surface area (TPSA) is 29.1 Å². The molecule has 2 atom stereocenters. The number of hydrogen-bond donors (Lipinski definition) is 2. The highest BCUT2D eigenvalue weighted by atomic mass is 32.1. The fraction of sp³-hybridized carbons (Fsp3) is 0.909. The van der Waals surface area contributed by atoms with Crippen molar-refractivity contribution in [2.75, 3.05) is 12.3 Å². The Balaban J connectivity index is 2.14. The molecule has 1 saturated carbocycles. The van der Waals surface area contributed by atoms with Crippen molar-refractivity contribution >= 4 is 18.5 Å². The van der Waals surface area contributed by atoms with Gasteiger partial charge in [-0.15, -0.1) is 0 Å². The van der Waals surface area contributed by atoms with Crippen LogP contribution in [-0.2, 0) is 4.79 Å². The van der Waals surface area contributed by atoms with Crippen LogP contribution < -0.4 is 5.32 Å². The summed E-state index contributed by atoms with van der Waals surface area (Å²) in [5.74, 6) is 2.35. The quantitative estimate of drug-likeness (QED) is 0.692. The molecule has 1 fully saturated rings. The molecule has 14 heavy (non-hydrogen) atoms. The summed E-state index contributed by atoms with van der Waals surface area (Å²) in [5.41, 5.74) is 0. The van der Waals surface area contributed by atoms with Crippen LogP contribution >= 0.6 is 12.6 Å². The molecule has 1 aliphatic carbocycles. The van der Waals surface area contributed by atoms with E-state index >= 15 is 0 Å². The molecule has 0 aromatic rings. The third-order valence-electron chi connectivity index (χ3n) is 2.97. The lowest BCUT2D eigenvalue weighted by Crippen LogP contribution is -2.31. The number of amides is 1. The minimum absolute atomic E-state index is 0.151. The van der Waals surface area contributed by atoms with Crippen LogP contribution in [-0.4, -0.2) is 18.2 Å².